The SMILES string of the molecule is CCN(Cc1ccco1)c1cc(Br)ccc1N. The molecule has 2 rings (SSSR count). The van der Waals surface area contributed by atoms with Crippen LogP contribution >= 0.6 is 15.9 Å². The lowest BCUT2D eigenvalue weighted by molar-refractivity contribution is 0.504. The molecule has 0 saturated heterocycles. The van der Waals surface area contributed by atoms with Crippen LogP contribution in [0.5, 0.6) is 0 Å². The maximum Gasteiger partial charge on any atom is 0.123 e. The van der Waals surface area contributed by atoms with Crippen molar-refractivity contribution < 1.29 is 4.42 Å². The van der Waals surface area contributed by atoms with E-state index in [1.807, 2.05) is 30.3 Å². The molecule has 0 amide bonds. The number of rotatable bonds is 4. The van der Waals surface area contributed by atoms with Crippen LogP contribution in [-0.4, -0.2) is 6.54 Å². The van der Waals surface area contributed by atoms with Gasteiger partial charge in [0.25, 0.3) is 0 Å². The van der Waals surface area contributed by atoms with Crippen LogP contribution in [0.25, 0.3) is 0 Å². The Hall–Kier alpha value is -1.42. The molecule has 0 radical (unpaired) electrons. The molecule has 1 aromatic heterocycles. The van der Waals surface area contributed by atoms with Gasteiger partial charge in [0.05, 0.1) is 24.2 Å². The largest absolute Gasteiger partial charge is 0.467 e. The lowest BCUT2D eigenvalue weighted by Gasteiger charge is -2.23. The van der Waals surface area contributed by atoms with Crippen molar-refractivity contribution in [2.45, 2.75) is 13.5 Å². The maximum atomic E-state index is 6.00. The predicted octanol–water partition coefficient (Wildman–Crippen LogP) is 3.65. The Balaban J connectivity index is 2.25. The molecule has 17 heavy (non-hydrogen) atoms. The molecule has 0 saturated carbocycles. The molecule has 2 N–H and O–H groups in total. The third-order valence-corrected chi connectivity index (χ3v) is 3.13. The van der Waals surface area contributed by atoms with Crippen molar-refractivity contribution in [3.8, 4) is 0 Å². The first-order chi connectivity index (χ1) is 8.20. The first-order valence-electron chi connectivity index (χ1n) is 5.53. The van der Waals surface area contributed by atoms with Gasteiger partial charge in [-0.1, -0.05) is 15.9 Å². The number of benzene rings is 1. The summed E-state index contributed by atoms with van der Waals surface area (Å²) in [6.07, 6.45) is 1.69. The summed E-state index contributed by atoms with van der Waals surface area (Å²) < 4.78 is 6.39. The highest BCUT2D eigenvalue weighted by Gasteiger charge is 2.10. The second-order valence-electron chi connectivity index (χ2n) is 3.80. The minimum absolute atomic E-state index is 0.726. The molecule has 90 valence electrons. The van der Waals surface area contributed by atoms with E-state index in [1.165, 1.54) is 0 Å². The van der Waals surface area contributed by atoms with Gasteiger partial charge in [0.2, 0.25) is 0 Å². The standard InChI is InChI=1S/C13H15BrN2O/c1-2-16(9-11-4-3-7-17-11)13-8-10(14)5-6-12(13)15/h3-8H,2,9,15H2,1H3. The van der Waals surface area contributed by atoms with E-state index in [9.17, 15) is 0 Å². The number of nitrogen functional groups attached to an aromatic ring is 1. The van der Waals surface area contributed by atoms with Crippen LogP contribution in [0.2, 0.25) is 0 Å². The first kappa shape index (κ1) is 12.0. The molecule has 0 aliphatic rings. The summed E-state index contributed by atoms with van der Waals surface area (Å²) in [6.45, 7) is 3.70. The average Bonchev–Trinajstić information content (AvgIpc) is 2.82. The molecule has 2 aromatic rings. The molecule has 0 fully saturated rings. The van der Waals surface area contributed by atoms with Gasteiger partial charge >= 0.3 is 0 Å². The van der Waals surface area contributed by atoms with Crippen molar-refractivity contribution in [2.75, 3.05) is 17.2 Å². The molecule has 0 aliphatic carbocycles. The summed E-state index contributed by atoms with van der Waals surface area (Å²) in [7, 11) is 0. The lowest BCUT2D eigenvalue weighted by Crippen LogP contribution is -2.22. The number of hydrogen-bond acceptors (Lipinski definition) is 3. The fraction of sp³-hybridized carbons (Fsp3) is 0.231. The summed E-state index contributed by atoms with van der Waals surface area (Å²) >= 11 is 3.47. The van der Waals surface area contributed by atoms with Gasteiger partial charge in [0.1, 0.15) is 5.76 Å². The van der Waals surface area contributed by atoms with Crippen molar-refractivity contribution >= 4 is 27.3 Å². The average molecular weight is 295 g/mol. The Morgan fingerprint density at radius 3 is 2.82 bits per heavy atom. The summed E-state index contributed by atoms with van der Waals surface area (Å²) in [5, 5.41) is 0. The highest BCUT2D eigenvalue weighted by molar-refractivity contribution is 9.10. The smallest absolute Gasteiger partial charge is 0.123 e. The Bertz CT molecular complexity index is 482. The molecule has 1 heterocycles. The topological polar surface area (TPSA) is 42.4 Å². The monoisotopic (exact) mass is 294 g/mol. The Morgan fingerprint density at radius 2 is 2.18 bits per heavy atom. The van der Waals surface area contributed by atoms with Crippen LogP contribution in [0.1, 0.15) is 12.7 Å². The van der Waals surface area contributed by atoms with E-state index in [2.05, 4.69) is 27.8 Å². The second-order valence-corrected chi connectivity index (χ2v) is 4.71. The van der Waals surface area contributed by atoms with E-state index in [0.717, 1.165) is 34.7 Å². The molecular formula is C13H15BrN2O. The molecule has 0 spiro atoms. The van der Waals surface area contributed by atoms with Gasteiger partial charge in [-0.2, -0.15) is 0 Å². The van der Waals surface area contributed by atoms with E-state index in [1.54, 1.807) is 6.26 Å². The van der Waals surface area contributed by atoms with Crippen LogP contribution in [-0.2, 0) is 6.54 Å². The molecule has 0 aliphatic heterocycles. The van der Waals surface area contributed by atoms with Crippen molar-refractivity contribution in [2.24, 2.45) is 0 Å². The van der Waals surface area contributed by atoms with Crippen molar-refractivity contribution in [3.63, 3.8) is 0 Å². The van der Waals surface area contributed by atoms with Gasteiger partial charge in [-0.3, -0.25) is 0 Å². The van der Waals surface area contributed by atoms with Gasteiger partial charge in [0, 0.05) is 11.0 Å². The number of furan rings is 1. The molecule has 0 unspecified atom stereocenters. The number of nitrogens with two attached hydrogens (primary N) is 1. The predicted molar refractivity (Wildman–Crippen MR) is 74.0 cm³/mol. The van der Waals surface area contributed by atoms with Gasteiger partial charge in [-0.25, -0.2) is 0 Å². The highest BCUT2D eigenvalue weighted by atomic mass is 79.9. The van der Waals surface area contributed by atoms with Crippen LogP contribution in [0, 0.1) is 0 Å². The maximum absolute atomic E-state index is 6.00. The number of hydrogen-bond donors (Lipinski definition) is 1. The van der Waals surface area contributed by atoms with Gasteiger partial charge in [-0.15, -0.1) is 0 Å². The Labute approximate surface area is 109 Å². The minimum atomic E-state index is 0.726. The van der Waals surface area contributed by atoms with Crippen LogP contribution in [0.15, 0.2) is 45.5 Å². The summed E-state index contributed by atoms with van der Waals surface area (Å²) in [6, 6.07) is 9.75. The van der Waals surface area contributed by atoms with E-state index in [4.69, 9.17) is 10.2 Å². The number of anilines is 2. The molecule has 1 aromatic carbocycles. The summed E-state index contributed by atoms with van der Waals surface area (Å²) in [5.41, 5.74) is 7.81. The zero-order chi connectivity index (χ0) is 12.3. The van der Waals surface area contributed by atoms with Crippen LogP contribution in [0.3, 0.4) is 0 Å². The van der Waals surface area contributed by atoms with Crippen molar-refractivity contribution in [1.82, 2.24) is 0 Å². The fourth-order valence-corrected chi connectivity index (χ4v) is 2.10. The van der Waals surface area contributed by atoms with Gasteiger partial charge in [-0.05, 0) is 37.3 Å². The van der Waals surface area contributed by atoms with Crippen LogP contribution in [0.4, 0.5) is 11.4 Å². The van der Waals surface area contributed by atoms with Gasteiger partial charge < -0.3 is 15.1 Å². The summed E-state index contributed by atoms with van der Waals surface area (Å²) in [4.78, 5) is 2.18. The normalized spacial score (nSPS) is 10.5. The molecule has 4 heteroatoms. The quantitative estimate of drug-likeness (QED) is 0.875. The Kier molecular flexibility index (Phi) is 3.74. The molecule has 0 bridgehead atoms. The van der Waals surface area contributed by atoms with E-state index >= 15 is 0 Å². The zero-order valence-corrected chi connectivity index (χ0v) is 11.3. The van der Waals surface area contributed by atoms with Crippen molar-refractivity contribution in [3.05, 3.63) is 46.8 Å². The van der Waals surface area contributed by atoms with Gasteiger partial charge in [0.15, 0.2) is 0 Å². The molecule has 0 atom stereocenters. The van der Waals surface area contributed by atoms with E-state index in [0.29, 0.717) is 0 Å². The molecular weight excluding hydrogens is 280 g/mol. The van der Waals surface area contributed by atoms with E-state index < -0.39 is 0 Å². The summed E-state index contributed by atoms with van der Waals surface area (Å²) in [5.74, 6) is 0.936. The third-order valence-electron chi connectivity index (χ3n) is 2.64. The Morgan fingerprint density at radius 1 is 1.35 bits per heavy atom. The van der Waals surface area contributed by atoms with Crippen LogP contribution < -0.4 is 10.6 Å². The lowest BCUT2D eigenvalue weighted by atomic mass is 10.2. The van der Waals surface area contributed by atoms with Crippen molar-refractivity contribution in [1.29, 1.82) is 0 Å². The molecule has 3 nitrogen and oxygen atoms in total. The fourth-order valence-electron chi connectivity index (χ4n) is 1.75. The number of halogens is 1. The first-order valence-corrected chi connectivity index (χ1v) is 6.32. The third kappa shape index (κ3) is 2.82. The highest BCUT2D eigenvalue weighted by Crippen LogP contribution is 2.28. The van der Waals surface area contributed by atoms with E-state index in [-0.39, 0.29) is 0 Å². The zero-order valence-electron chi connectivity index (χ0n) is 9.69. The minimum Gasteiger partial charge on any atom is -0.467 e. The number of nitrogens with zero attached hydrogens (tertiary/aromatic N) is 1. The second kappa shape index (κ2) is 5.27.